The Morgan fingerprint density at radius 2 is 1.76 bits per heavy atom. The SMILES string of the molecule is CCC(C)(C)C1CCC(NCCc2ccccc2C)CC1. The van der Waals surface area contributed by atoms with E-state index in [0.29, 0.717) is 5.41 Å². The Kier molecular flexibility index (Phi) is 5.87. The maximum absolute atomic E-state index is 3.79. The molecule has 1 N–H and O–H groups in total. The van der Waals surface area contributed by atoms with Crippen molar-refractivity contribution in [3.05, 3.63) is 35.4 Å². The van der Waals surface area contributed by atoms with E-state index in [2.05, 4.69) is 57.3 Å². The standard InChI is InChI=1S/C20H33N/c1-5-20(3,4)18-10-12-19(13-11-18)21-15-14-17-9-7-6-8-16(17)2/h6-9,18-19,21H,5,10-15H2,1-4H3. The largest absolute Gasteiger partial charge is 0.314 e. The normalized spacial score (nSPS) is 23.2. The lowest BCUT2D eigenvalue weighted by molar-refractivity contribution is 0.137. The van der Waals surface area contributed by atoms with Gasteiger partial charge in [-0.3, -0.25) is 0 Å². The van der Waals surface area contributed by atoms with Gasteiger partial charge in [-0.1, -0.05) is 51.5 Å². The van der Waals surface area contributed by atoms with Gasteiger partial charge in [0.25, 0.3) is 0 Å². The van der Waals surface area contributed by atoms with Gasteiger partial charge in [0, 0.05) is 6.04 Å². The van der Waals surface area contributed by atoms with E-state index in [1.165, 1.54) is 43.2 Å². The molecule has 1 aliphatic carbocycles. The smallest absolute Gasteiger partial charge is 0.00674 e. The van der Waals surface area contributed by atoms with E-state index in [0.717, 1.165) is 24.9 Å². The summed E-state index contributed by atoms with van der Waals surface area (Å²) in [5, 5.41) is 3.79. The topological polar surface area (TPSA) is 12.0 Å². The number of aryl methyl sites for hydroxylation is 1. The van der Waals surface area contributed by atoms with E-state index in [1.807, 2.05) is 0 Å². The van der Waals surface area contributed by atoms with Gasteiger partial charge in [0.2, 0.25) is 0 Å². The summed E-state index contributed by atoms with van der Waals surface area (Å²) < 4.78 is 0. The van der Waals surface area contributed by atoms with Crippen LogP contribution in [-0.4, -0.2) is 12.6 Å². The van der Waals surface area contributed by atoms with Gasteiger partial charge in [0.05, 0.1) is 0 Å². The van der Waals surface area contributed by atoms with Gasteiger partial charge in [-0.15, -0.1) is 0 Å². The zero-order valence-corrected chi connectivity index (χ0v) is 14.4. The molecule has 0 aliphatic heterocycles. The second kappa shape index (κ2) is 7.45. The summed E-state index contributed by atoms with van der Waals surface area (Å²) in [6.07, 6.45) is 8.01. The average molecular weight is 287 g/mol. The fraction of sp³-hybridized carbons (Fsp3) is 0.700. The minimum atomic E-state index is 0.534. The van der Waals surface area contributed by atoms with Crippen molar-refractivity contribution in [1.82, 2.24) is 5.32 Å². The van der Waals surface area contributed by atoms with Crippen LogP contribution in [0, 0.1) is 18.3 Å². The van der Waals surface area contributed by atoms with Gasteiger partial charge in [-0.25, -0.2) is 0 Å². The number of benzene rings is 1. The minimum Gasteiger partial charge on any atom is -0.314 e. The zero-order valence-electron chi connectivity index (χ0n) is 14.4. The number of rotatable bonds is 6. The zero-order chi connectivity index (χ0) is 15.3. The summed E-state index contributed by atoms with van der Waals surface area (Å²) in [7, 11) is 0. The Labute approximate surface area is 131 Å². The molecule has 1 aromatic carbocycles. The highest BCUT2D eigenvalue weighted by molar-refractivity contribution is 5.25. The van der Waals surface area contributed by atoms with Crippen LogP contribution in [0.15, 0.2) is 24.3 Å². The van der Waals surface area contributed by atoms with E-state index < -0.39 is 0 Å². The van der Waals surface area contributed by atoms with E-state index in [9.17, 15) is 0 Å². The predicted octanol–water partition coefficient (Wildman–Crippen LogP) is 5.12. The van der Waals surface area contributed by atoms with Crippen LogP contribution in [0.3, 0.4) is 0 Å². The molecule has 0 spiro atoms. The molecule has 0 aromatic heterocycles. The second-order valence-corrected chi connectivity index (χ2v) is 7.52. The summed E-state index contributed by atoms with van der Waals surface area (Å²) in [6, 6.07) is 9.51. The highest BCUT2D eigenvalue weighted by Gasteiger charge is 2.31. The van der Waals surface area contributed by atoms with E-state index in [4.69, 9.17) is 0 Å². The number of hydrogen-bond acceptors (Lipinski definition) is 1. The van der Waals surface area contributed by atoms with Crippen LogP contribution in [0.5, 0.6) is 0 Å². The maximum atomic E-state index is 3.79. The summed E-state index contributed by atoms with van der Waals surface area (Å²) in [6.45, 7) is 10.6. The molecule has 1 saturated carbocycles. The van der Waals surface area contributed by atoms with Crippen molar-refractivity contribution in [3.63, 3.8) is 0 Å². The molecule has 0 amide bonds. The maximum Gasteiger partial charge on any atom is 0.00674 e. The summed E-state index contributed by atoms with van der Waals surface area (Å²) in [5.41, 5.74) is 3.45. The third-order valence-corrected chi connectivity index (χ3v) is 5.83. The Morgan fingerprint density at radius 1 is 1.10 bits per heavy atom. The van der Waals surface area contributed by atoms with Gasteiger partial charge in [-0.2, -0.15) is 0 Å². The lowest BCUT2D eigenvalue weighted by atomic mass is 9.69. The molecular weight excluding hydrogens is 254 g/mol. The summed E-state index contributed by atoms with van der Waals surface area (Å²) >= 11 is 0. The molecule has 1 fully saturated rings. The van der Waals surface area contributed by atoms with Crippen LogP contribution in [0.2, 0.25) is 0 Å². The molecule has 0 saturated heterocycles. The average Bonchev–Trinajstić information content (AvgIpc) is 2.50. The molecule has 1 heteroatoms. The van der Waals surface area contributed by atoms with Crippen LogP contribution < -0.4 is 5.32 Å². The van der Waals surface area contributed by atoms with Crippen LogP contribution in [-0.2, 0) is 6.42 Å². The van der Waals surface area contributed by atoms with Crippen molar-refractivity contribution in [2.24, 2.45) is 11.3 Å². The number of hydrogen-bond donors (Lipinski definition) is 1. The lowest BCUT2D eigenvalue weighted by Crippen LogP contribution is -2.37. The first-order valence-corrected chi connectivity index (χ1v) is 8.81. The Morgan fingerprint density at radius 3 is 2.38 bits per heavy atom. The van der Waals surface area contributed by atoms with Crippen LogP contribution >= 0.6 is 0 Å². The molecule has 0 atom stereocenters. The second-order valence-electron chi connectivity index (χ2n) is 7.52. The molecule has 0 radical (unpaired) electrons. The molecular formula is C20H33N. The van der Waals surface area contributed by atoms with Crippen molar-refractivity contribution in [2.45, 2.75) is 72.3 Å². The van der Waals surface area contributed by atoms with Crippen LogP contribution in [0.1, 0.15) is 64.0 Å². The van der Waals surface area contributed by atoms with Crippen molar-refractivity contribution >= 4 is 0 Å². The van der Waals surface area contributed by atoms with Crippen molar-refractivity contribution in [2.75, 3.05) is 6.54 Å². The Balaban J connectivity index is 1.71. The molecule has 1 aliphatic rings. The molecule has 0 heterocycles. The molecule has 0 bridgehead atoms. The fourth-order valence-corrected chi connectivity index (χ4v) is 3.67. The summed E-state index contributed by atoms with van der Waals surface area (Å²) in [4.78, 5) is 0. The first-order chi connectivity index (χ1) is 10.0. The van der Waals surface area contributed by atoms with E-state index >= 15 is 0 Å². The lowest BCUT2D eigenvalue weighted by Gasteiger charge is -2.39. The minimum absolute atomic E-state index is 0.534. The van der Waals surface area contributed by atoms with Crippen LogP contribution in [0.4, 0.5) is 0 Å². The fourth-order valence-electron chi connectivity index (χ4n) is 3.67. The molecule has 118 valence electrons. The predicted molar refractivity (Wildman–Crippen MR) is 92.7 cm³/mol. The Hall–Kier alpha value is -0.820. The van der Waals surface area contributed by atoms with Gasteiger partial charge in [-0.05, 0) is 68.0 Å². The summed E-state index contributed by atoms with van der Waals surface area (Å²) in [5.74, 6) is 0.928. The van der Waals surface area contributed by atoms with E-state index in [-0.39, 0.29) is 0 Å². The third kappa shape index (κ3) is 4.57. The van der Waals surface area contributed by atoms with Crippen LogP contribution in [0.25, 0.3) is 0 Å². The highest BCUT2D eigenvalue weighted by atomic mass is 14.9. The quantitative estimate of drug-likeness (QED) is 0.765. The Bertz CT molecular complexity index is 427. The molecule has 0 unspecified atom stereocenters. The molecule has 2 rings (SSSR count). The molecule has 1 nitrogen and oxygen atoms in total. The van der Waals surface area contributed by atoms with Crippen molar-refractivity contribution < 1.29 is 0 Å². The van der Waals surface area contributed by atoms with E-state index in [1.54, 1.807) is 0 Å². The van der Waals surface area contributed by atoms with Gasteiger partial charge in [0.1, 0.15) is 0 Å². The molecule has 21 heavy (non-hydrogen) atoms. The first-order valence-electron chi connectivity index (χ1n) is 8.81. The van der Waals surface area contributed by atoms with Gasteiger partial charge in [0.15, 0.2) is 0 Å². The monoisotopic (exact) mass is 287 g/mol. The van der Waals surface area contributed by atoms with Crippen molar-refractivity contribution in [3.8, 4) is 0 Å². The number of nitrogens with one attached hydrogen (secondary N) is 1. The molecule has 1 aromatic rings. The van der Waals surface area contributed by atoms with Gasteiger partial charge >= 0.3 is 0 Å². The first kappa shape index (κ1) is 16.5. The third-order valence-electron chi connectivity index (χ3n) is 5.83. The van der Waals surface area contributed by atoms with Crippen molar-refractivity contribution in [1.29, 1.82) is 0 Å². The van der Waals surface area contributed by atoms with Gasteiger partial charge < -0.3 is 5.32 Å². The highest BCUT2D eigenvalue weighted by Crippen LogP contribution is 2.40.